The minimum absolute atomic E-state index is 0.0448. The number of carbonyl (C=O) groups excluding carboxylic acids is 2. The van der Waals surface area contributed by atoms with Gasteiger partial charge >= 0.3 is 0 Å². The molecule has 0 aromatic heterocycles. The molecule has 0 saturated carbocycles. The minimum Gasteiger partial charge on any atom is -0.342 e. The second kappa shape index (κ2) is 4.82. The highest BCUT2D eigenvalue weighted by molar-refractivity contribution is 5.87. The lowest BCUT2D eigenvalue weighted by atomic mass is 9.98. The van der Waals surface area contributed by atoms with Gasteiger partial charge in [-0.2, -0.15) is 0 Å². The number of nitrogens with one attached hydrogen (secondary N) is 1. The van der Waals surface area contributed by atoms with Gasteiger partial charge in [0.25, 0.3) is 0 Å². The van der Waals surface area contributed by atoms with Gasteiger partial charge in [0.2, 0.25) is 11.8 Å². The van der Waals surface area contributed by atoms with Crippen LogP contribution in [0, 0.1) is 5.92 Å². The first kappa shape index (κ1) is 11.4. The second-order valence-corrected chi connectivity index (χ2v) is 4.62. The van der Waals surface area contributed by atoms with Crippen LogP contribution in [0.2, 0.25) is 0 Å². The van der Waals surface area contributed by atoms with E-state index in [-0.39, 0.29) is 24.3 Å². The maximum atomic E-state index is 12.1. The molecule has 5 heteroatoms. The summed E-state index contributed by atoms with van der Waals surface area (Å²) in [6.07, 6.45) is 2.00. The summed E-state index contributed by atoms with van der Waals surface area (Å²) in [7, 11) is 1.78. The minimum atomic E-state index is 0.0448. The van der Waals surface area contributed by atoms with Crippen LogP contribution in [-0.2, 0) is 9.59 Å². The van der Waals surface area contributed by atoms with Gasteiger partial charge in [-0.15, -0.1) is 0 Å². The molecule has 2 rings (SSSR count). The zero-order valence-corrected chi connectivity index (χ0v) is 9.74. The van der Waals surface area contributed by atoms with Crippen LogP contribution < -0.4 is 5.32 Å². The lowest BCUT2D eigenvalue weighted by Gasteiger charge is -2.35. The van der Waals surface area contributed by atoms with Gasteiger partial charge in [0.1, 0.15) is 0 Å². The number of carbonyl (C=O) groups is 2. The molecule has 1 atom stereocenters. The quantitative estimate of drug-likeness (QED) is 0.641. The maximum absolute atomic E-state index is 12.1. The van der Waals surface area contributed by atoms with E-state index in [1.807, 2.05) is 0 Å². The number of hydrogen-bond acceptors (Lipinski definition) is 3. The average molecular weight is 225 g/mol. The molecule has 2 fully saturated rings. The van der Waals surface area contributed by atoms with Crippen molar-refractivity contribution in [1.82, 2.24) is 15.1 Å². The van der Waals surface area contributed by atoms with Crippen molar-refractivity contribution in [3.05, 3.63) is 0 Å². The third kappa shape index (κ3) is 2.35. The number of likely N-dealkylation sites (N-methyl/N-ethyl adjacent to an activating group) is 1. The summed E-state index contributed by atoms with van der Waals surface area (Å²) in [6.45, 7) is 3.36. The molecule has 16 heavy (non-hydrogen) atoms. The number of amides is 2. The third-order valence-corrected chi connectivity index (χ3v) is 3.41. The fourth-order valence-corrected chi connectivity index (χ4v) is 2.27. The van der Waals surface area contributed by atoms with Crippen LogP contribution in [0.3, 0.4) is 0 Å². The van der Waals surface area contributed by atoms with Crippen molar-refractivity contribution in [2.24, 2.45) is 5.92 Å². The maximum Gasteiger partial charge on any atom is 0.241 e. The molecule has 0 unspecified atom stereocenters. The Kier molecular flexibility index (Phi) is 3.43. The molecule has 1 N–H and O–H groups in total. The number of hydrogen-bond donors (Lipinski definition) is 1. The van der Waals surface area contributed by atoms with E-state index in [0.29, 0.717) is 13.1 Å². The second-order valence-electron chi connectivity index (χ2n) is 4.62. The van der Waals surface area contributed by atoms with Crippen LogP contribution in [-0.4, -0.2) is 61.4 Å². The van der Waals surface area contributed by atoms with Crippen molar-refractivity contribution in [3.8, 4) is 0 Å². The fourth-order valence-electron chi connectivity index (χ4n) is 2.27. The number of rotatable bonds is 1. The summed E-state index contributed by atoms with van der Waals surface area (Å²) in [4.78, 5) is 27.0. The van der Waals surface area contributed by atoms with Gasteiger partial charge in [0.15, 0.2) is 0 Å². The van der Waals surface area contributed by atoms with E-state index >= 15 is 0 Å². The Bertz CT molecular complexity index is 287. The Labute approximate surface area is 95.8 Å². The molecule has 0 aromatic rings. The lowest BCUT2D eigenvalue weighted by Crippen LogP contribution is -2.53. The zero-order chi connectivity index (χ0) is 11.5. The smallest absolute Gasteiger partial charge is 0.241 e. The standard InChI is InChI=1S/C11H19N3O2/c1-13-5-6-14(8-10(13)15)11(16)9-3-2-4-12-7-9/h9,12H,2-8H2,1H3/t9-/m0/s1. The van der Waals surface area contributed by atoms with Crippen LogP contribution in [0.15, 0.2) is 0 Å². The molecule has 2 saturated heterocycles. The Morgan fingerprint density at radius 2 is 2.25 bits per heavy atom. The third-order valence-electron chi connectivity index (χ3n) is 3.41. The molecule has 0 radical (unpaired) electrons. The van der Waals surface area contributed by atoms with Crippen LogP contribution in [0.25, 0.3) is 0 Å². The monoisotopic (exact) mass is 225 g/mol. The van der Waals surface area contributed by atoms with Gasteiger partial charge in [-0.3, -0.25) is 9.59 Å². The fraction of sp³-hybridized carbons (Fsp3) is 0.818. The topological polar surface area (TPSA) is 52.6 Å². The van der Waals surface area contributed by atoms with Gasteiger partial charge in [-0.25, -0.2) is 0 Å². The van der Waals surface area contributed by atoms with Crippen molar-refractivity contribution < 1.29 is 9.59 Å². The first-order valence-electron chi connectivity index (χ1n) is 5.92. The van der Waals surface area contributed by atoms with Crippen molar-refractivity contribution >= 4 is 11.8 Å². The number of piperazine rings is 1. The van der Waals surface area contributed by atoms with E-state index in [4.69, 9.17) is 0 Å². The molecule has 2 aliphatic heterocycles. The van der Waals surface area contributed by atoms with E-state index < -0.39 is 0 Å². The van der Waals surface area contributed by atoms with E-state index in [2.05, 4.69) is 5.32 Å². The predicted molar refractivity (Wildman–Crippen MR) is 59.8 cm³/mol. The van der Waals surface area contributed by atoms with E-state index in [9.17, 15) is 9.59 Å². The average Bonchev–Trinajstić information content (AvgIpc) is 2.33. The summed E-state index contributed by atoms with van der Waals surface area (Å²) < 4.78 is 0. The molecule has 0 bridgehead atoms. The van der Waals surface area contributed by atoms with Crippen LogP contribution in [0.5, 0.6) is 0 Å². The van der Waals surface area contributed by atoms with Crippen LogP contribution in [0.4, 0.5) is 0 Å². The molecule has 5 nitrogen and oxygen atoms in total. The highest BCUT2D eigenvalue weighted by Gasteiger charge is 2.30. The molecule has 0 aliphatic carbocycles. The van der Waals surface area contributed by atoms with Crippen molar-refractivity contribution in [2.45, 2.75) is 12.8 Å². The van der Waals surface area contributed by atoms with Crippen LogP contribution >= 0.6 is 0 Å². The first-order chi connectivity index (χ1) is 7.68. The first-order valence-corrected chi connectivity index (χ1v) is 5.92. The Hall–Kier alpha value is -1.10. The SMILES string of the molecule is CN1CCN(C(=O)[C@H]2CCCNC2)CC1=O. The van der Waals surface area contributed by atoms with Crippen molar-refractivity contribution in [3.63, 3.8) is 0 Å². The molecular weight excluding hydrogens is 206 g/mol. The largest absolute Gasteiger partial charge is 0.342 e. The Morgan fingerprint density at radius 3 is 2.88 bits per heavy atom. The highest BCUT2D eigenvalue weighted by atomic mass is 16.2. The molecule has 2 amide bonds. The normalized spacial score (nSPS) is 27.1. The van der Waals surface area contributed by atoms with Crippen LogP contribution in [0.1, 0.15) is 12.8 Å². The number of nitrogens with zero attached hydrogens (tertiary/aromatic N) is 2. The molecular formula is C11H19N3O2. The van der Waals surface area contributed by atoms with Gasteiger partial charge in [-0.05, 0) is 19.4 Å². The van der Waals surface area contributed by atoms with Gasteiger partial charge in [0.05, 0.1) is 12.5 Å². The lowest BCUT2D eigenvalue weighted by molar-refractivity contribution is -0.146. The summed E-state index contributed by atoms with van der Waals surface area (Å²) in [5, 5.41) is 3.23. The van der Waals surface area contributed by atoms with E-state index in [1.165, 1.54) is 0 Å². The molecule has 90 valence electrons. The molecule has 0 spiro atoms. The predicted octanol–water partition coefficient (Wildman–Crippen LogP) is -0.713. The highest BCUT2D eigenvalue weighted by Crippen LogP contribution is 2.14. The van der Waals surface area contributed by atoms with Gasteiger partial charge in [0, 0.05) is 26.7 Å². The summed E-state index contributed by atoms with van der Waals surface area (Å²) in [6, 6.07) is 0. The molecule has 2 heterocycles. The van der Waals surface area contributed by atoms with Crippen molar-refractivity contribution in [2.75, 3.05) is 39.8 Å². The summed E-state index contributed by atoms with van der Waals surface area (Å²) >= 11 is 0. The summed E-state index contributed by atoms with van der Waals surface area (Å²) in [5.41, 5.74) is 0. The van der Waals surface area contributed by atoms with Crippen molar-refractivity contribution in [1.29, 1.82) is 0 Å². The Morgan fingerprint density at radius 1 is 1.44 bits per heavy atom. The zero-order valence-electron chi connectivity index (χ0n) is 9.74. The number of piperidine rings is 1. The summed E-state index contributed by atoms with van der Waals surface area (Å²) in [5.74, 6) is 0.266. The Balaban J connectivity index is 1.91. The van der Waals surface area contributed by atoms with E-state index in [0.717, 1.165) is 25.9 Å². The molecule has 0 aromatic carbocycles. The molecule has 2 aliphatic rings. The van der Waals surface area contributed by atoms with Gasteiger partial charge in [-0.1, -0.05) is 0 Å². The van der Waals surface area contributed by atoms with Gasteiger partial charge < -0.3 is 15.1 Å². The van der Waals surface area contributed by atoms with E-state index in [1.54, 1.807) is 16.8 Å².